The van der Waals surface area contributed by atoms with Crippen LogP contribution in [0.25, 0.3) is 0 Å². The lowest BCUT2D eigenvalue weighted by Crippen LogP contribution is -2.54. The fourth-order valence-electron chi connectivity index (χ4n) is 2.05. The minimum Gasteiger partial charge on any atom is -0.324 e. The zero-order valence-electron chi connectivity index (χ0n) is 9.34. The molecule has 0 radical (unpaired) electrons. The highest BCUT2D eigenvalue weighted by Gasteiger charge is 2.33. The molecule has 0 bridgehead atoms. The van der Waals surface area contributed by atoms with Crippen LogP contribution in [0.3, 0.4) is 0 Å². The molecule has 0 aromatic heterocycles. The predicted octanol–water partition coefficient (Wildman–Crippen LogP) is 1.85. The number of rotatable bonds is 5. The van der Waals surface area contributed by atoms with Crippen molar-refractivity contribution in [1.29, 1.82) is 0 Å². The molecule has 1 unspecified atom stereocenters. The van der Waals surface area contributed by atoms with Gasteiger partial charge in [0.15, 0.2) is 0 Å². The van der Waals surface area contributed by atoms with Crippen LogP contribution >= 0.6 is 0 Å². The van der Waals surface area contributed by atoms with Crippen molar-refractivity contribution in [2.75, 3.05) is 20.1 Å². The molecule has 1 aliphatic rings. The van der Waals surface area contributed by atoms with Gasteiger partial charge in [-0.1, -0.05) is 20.3 Å². The van der Waals surface area contributed by atoms with Gasteiger partial charge in [-0.15, -0.1) is 0 Å². The van der Waals surface area contributed by atoms with Gasteiger partial charge in [-0.2, -0.15) is 0 Å². The number of hydrogen-bond donors (Lipinski definition) is 1. The average molecular weight is 184 g/mol. The Bertz CT molecular complexity index is 152. The SMILES string of the molecule is CCC(C)CN(C)CC1(N)CCC1. The van der Waals surface area contributed by atoms with Gasteiger partial charge in [0.25, 0.3) is 0 Å². The molecule has 0 amide bonds. The van der Waals surface area contributed by atoms with Gasteiger partial charge in [-0.25, -0.2) is 0 Å². The molecule has 1 saturated carbocycles. The summed E-state index contributed by atoms with van der Waals surface area (Å²) in [5, 5.41) is 0. The van der Waals surface area contributed by atoms with Gasteiger partial charge in [0.05, 0.1) is 0 Å². The Morgan fingerprint density at radius 3 is 2.46 bits per heavy atom. The van der Waals surface area contributed by atoms with Crippen molar-refractivity contribution in [3.8, 4) is 0 Å². The summed E-state index contributed by atoms with van der Waals surface area (Å²) in [7, 11) is 2.19. The molecule has 0 heterocycles. The van der Waals surface area contributed by atoms with Crippen LogP contribution in [0.1, 0.15) is 39.5 Å². The van der Waals surface area contributed by atoms with E-state index in [1.165, 1.54) is 32.2 Å². The number of nitrogens with zero attached hydrogens (tertiary/aromatic N) is 1. The van der Waals surface area contributed by atoms with Gasteiger partial charge in [0.2, 0.25) is 0 Å². The smallest absolute Gasteiger partial charge is 0.0283 e. The molecular weight excluding hydrogens is 160 g/mol. The minimum atomic E-state index is 0.155. The Kier molecular flexibility index (Phi) is 3.74. The highest BCUT2D eigenvalue weighted by atomic mass is 15.1. The second-order valence-electron chi connectivity index (χ2n) is 4.93. The van der Waals surface area contributed by atoms with E-state index in [4.69, 9.17) is 5.73 Å². The van der Waals surface area contributed by atoms with Crippen molar-refractivity contribution >= 4 is 0 Å². The molecule has 13 heavy (non-hydrogen) atoms. The first-order valence-corrected chi connectivity index (χ1v) is 5.53. The number of likely N-dealkylation sites (N-methyl/N-ethyl adjacent to an activating group) is 1. The van der Waals surface area contributed by atoms with Crippen LogP contribution in [0.4, 0.5) is 0 Å². The Balaban J connectivity index is 2.20. The lowest BCUT2D eigenvalue weighted by atomic mass is 9.77. The van der Waals surface area contributed by atoms with Crippen LogP contribution in [0, 0.1) is 5.92 Å². The normalized spacial score (nSPS) is 22.8. The van der Waals surface area contributed by atoms with Gasteiger partial charge in [0.1, 0.15) is 0 Å². The van der Waals surface area contributed by atoms with E-state index in [-0.39, 0.29) is 5.54 Å². The minimum absolute atomic E-state index is 0.155. The Hall–Kier alpha value is -0.0800. The molecule has 2 heteroatoms. The monoisotopic (exact) mass is 184 g/mol. The summed E-state index contributed by atoms with van der Waals surface area (Å²) >= 11 is 0. The fourth-order valence-corrected chi connectivity index (χ4v) is 2.05. The first kappa shape index (κ1) is 11.0. The van der Waals surface area contributed by atoms with E-state index in [9.17, 15) is 0 Å². The molecule has 0 spiro atoms. The number of hydrogen-bond acceptors (Lipinski definition) is 2. The molecule has 2 nitrogen and oxygen atoms in total. The van der Waals surface area contributed by atoms with E-state index in [1.807, 2.05) is 0 Å². The predicted molar refractivity (Wildman–Crippen MR) is 57.7 cm³/mol. The topological polar surface area (TPSA) is 29.3 Å². The molecule has 1 aliphatic carbocycles. The third-order valence-electron chi connectivity index (χ3n) is 3.25. The lowest BCUT2D eigenvalue weighted by molar-refractivity contribution is 0.153. The van der Waals surface area contributed by atoms with Crippen molar-refractivity contribution in [1.82, 2.24) is 4.90 Å². The molecular formula is C11H24N2. The quantitative estimate of drug-likeness (QED) is 0.706. The third kappa shape index (κ3) is 3.28. The molecule has 0 aliphatic heterocycles. The van der Waals surface area contributed by atoms with Gasteiger partial charge in [-0.05, 0) is 32.2 Å². The first-order valence-electron chi connectivity index (χ1n) is 5.53. The van der Waals surface area contributed by atoms with E-state index >= 15 is 0 Å². The second kappa shape index (κ2) is 4.43. The van der Waals surface area contributed by atoms with Crippen molar-refractivity contribution in [3.05, 3.63) is 0 Å². The van der Waals surface area contributed by atoms with Gasteiger partial charge < -0.3 is 10.6 Å². The van der Waals surface area contributed by atoms with E-state index in [0.717, 1.165) is 12.5 Å². The molecule has 1 rings (SSSR count). The van der Waals surface area contributed by atoms with Crippen molar-refractivity contribution in [2.45, 2.75) is 45.1 Å². The van der Waals surface area contributed by atoms with Crippen LogP contribution in [-0.2, 0) is 0 Å². The average Bonchev–Trinajstić information content (AvgIpc) is 2.01. The molecule has 2 N–H and O–H groups in total. The molecule has 0 saturated heterocycles. The van der Waals surface area contributed by atoms with Crippen LogP contribution in [0.2, 0.25) is 0 Å². The Labute approximate surface area is 82.5 Å². The Morgan fingerprint density at radius 1 is 1.46 bits per heavy atom. The number of nitrogens with two attached hydrogens (primary N) is 1. The summed E-state index contributed by atoms with van der Waals surface area (Å²) in [6.07, 6.45) is 5.03. The van der Waals surface area contributed by atoms with Crippen molar-refractivity contribution < 1.29 is 0 Å². The summed E-state index contributed by atoms with van der Waals surface area (Å²) in [5.41, 5.74) is 6.33. The summed E-state index contributed by atoms with van der Waals surface area (Å²) in [6.45, 7) is 6.83. The molecule has 0 aromatic carbocycles. The third-order valence-corrected chi connectivity index (χ3v) is 3.25. The largest absolute Gasteiger partial charge is 0.324 e. The lowest BCUT2D eigenvalue weighted by Gasteiger charge is -2.41. The van der Waals surface area contributed by atoms with E-state index in [0.29, 0.717) is 0 Å². The summed E-state index contributed by atoms with van der Waals surface area (Å²) in [5.74, 6) is 0.800. The van der Waals surface area contributed by atoms with E-state index < -0.39 is 0 Å². The van der Waals surface area contributed by atoms with Gasteiger partial charge in [-0.3, -0.25) is 0 Å². The Morgan fingerprint density at radius 2 is 2.08 bits per heavy atom. The van der Waals surface area contributed by atoms with Gasteiger partial charge >= 0.3 is 0 Å². The zero-order chi connectivity index (χ0) is 9.90. The highest BCUT2D eigenvalue weighted by molar-refractivity contribution is 4.94. The van der Waals surface area contributed by atoms with Crippen LogP contribution in [-0.4, -0.2) is 30.6 Å². The van der Waals surface area contributed by atoms with E-state index in [2.05, 4.69) is 25.8 Å². The van der Waals surface area contributed by atoms with Crippen LogP contribution in [0.15, 0.2) is 0 Å². The van der Waals surface area contributed by atoms with E-state index in [1.54, 1.807) is 0 Å². The maximum absolute atomic E-state index is 6.18. The van der Waals surface area contributed by atoms with Crippen LogP contribution < -0.4 is 5.73 Å². The molecule has 1 fully saturated rings. The molecule has 0 aromatic rings. The molecule has 1 atom stereocenters. The maximum atomic E-state index is 6.18. The fraction of sp³-hybridized carbons (Fsp3) is 1.00. The summed E-state index contributed by atoms with van der Waals surface area (Å²) in [6, 6.07) is 0. The van der Waals surface area contributed by atoms with Crippen molar-refractivity contribution in [3.63, 3.8) is 0 Å². The standard InChI is InChI=1S/C11H24N2/c1-4-10(2)8-13(3)9-11(12)6-5-7-11/h10H,4-9,12H2,1-3H3. The van der Waals surface area contributed by atoms with Crippen LogP contribution in [0.5, 0.6) is 0 Å². The zero-order valence-corrected chi connectivity index (χ0v) is 9.34. The van der Waals surface area contributed by atoms with Gasteiger partial charge in [0, 0.05) is 18.6 Å². The maximum Gasteiger partial charge on any atom is 0.0283 e. The van der Waals surface area contributed by atoms with Crippen molar-refractivity contribution in [2.24, 2.45) is 11.7 Å². The highest BCUT2D eigenvalue weighted by Crippen LogP contribution is 2.29. The molecule has 78 valence electrons. The first-order chi connectivity index (χ1) is 6.06. The summed E-state index contributed by atoms with van der Waals surface area (Å²) < 4.78 is 0. The summed E-state index contributed by atoms with van der Waals surface area (Å²) in [4.78, 5) is 2.40. The second-order valence-corrected chi connectivity index (χ2v) is 4.93.